The van der Waals surface area contributed by atoms with Crippen LogP contribution >= 0.6 is 0 Å². The number of phenols is 1. The van der Waals surface area contributed by atoms with Crippen molar-refractivity contribution in [3.63, 3.8) is 0 Å². The van der Waals surface area contributed by atoms with Crippen LogP contribution in [0.4, 0.5) is 5.69 Å². The maximum Gasteiger partial charge on any atom is 0.270 e. The third kappa shape index (κ3) is 2.55. The standard InChI is InChI=1S/C18H13N3O4/c22-14-3-1-2-11(9-14)8-12-6-7-20-17(12)19-16-5-4-13(21(24)25)10-15(16)18(20)23/h1-5,8-10,22H,6-7H2/b12-8+. The molecule has 1 N–H and O–H groups in total. The molecule has 0 unspecified atom stereocenters. The summed E-state index contributed by atoms with van der Waals surface area (Å²) in [5.74, 6) is 0.734. The third-order valence-electron chi connectivity index (χ3n) is 4.25. The van der Waals surface area contributed by atoms with Crippen molar-refractivity contribution in [2.24, 2.45) is 0 Å². The van der Waals surface area contributed by atoms with Crippen LogP contribution in [0.5, 0.6) is 5.75 Å². The van der Waals surface area contributed by atoms with E-state index in [2.05, 4.69) is 4.98 Å². The Morgan fingerprint density at radius 2 is 2.08 bits per heavy atom. The minimum Gasteiger partial charge on any atom is -0.508 e. The number of aromatic nitrogens is 2. The molecule has 1 aliphatic rings. The van der Waals surface area contributed by atoms with Gasteiger partial charge < -0.3 is 5.11 Å². The number of rotatable bonds is 2. The average molecular weight is 335 g/mol. The summed E-state index contributed by atoms with van der Waals surface area (Å²) in [6.07, 6.45) is 2.53. The number of hydrogen-bond acceptors (Lipinski definition) is 5. The summed E-state index contributed by atoms with van der Waals surface area (Å²) in [7, 11) is 0. The third-order valence-corrected chi connectivity index (χ3v) is 4.25. The number of phenolic OH excluding ortho intramolecular Hbond substituents is 1. The maximum absolute atomic E-state index is 12.7. The van der Waals surface area contributed by atoms with E-state index in [1.54, 1.807) is 22.8 Å². The fourth-order valence-electron chi connectivity index (χ4n) is 3.07. The van der Waals surface area contributed by atoms with Gasteiger partial charge in [-0.15, -0.1) is 0 Å². The Balaban J connectivity index is 1.88. The Morgan fingerprint density at radius 3 is 2.84 bits per heavy atom. The zero-order chi connectivity index (χ0) is 17.6. The summed E-state index contributed by atoms with van der Waals surface area (Å²) in [6.45, 7) is 0.477. The molecule has 124 valence electrons. The molecule has 2 aromatic carbocycles. The molecule has 7 nitrogen and oxygen atoms in total. The summed E-state index contributed by atoms with van der Waals surface area (Å²) >= 11 is 0. The molecule has 0 fully saturated rings. The number of non-ortho nitro benzene ring substituents is 1. The molecule has 3 aromatic rings. The Bertz CT molecular complexity index is 1110. The lowest BCUT2D eigenvalue weighted by Gasteiger charge is -2.05. The molecule has 7 heteroatoms. The molecule has 0 amide bonds. The Hall–Kier alpha value is -3.48. The number of aromatic hydroxyl groups is 1. The van der Waals surface area contributed by atoms with Crippen LogP contribution in [0.25, 0.3) is 22.6 Å². The second-order valence-corrected chi connectivity index (χ2v) is 5.87. The van der Waals surface area contributed by atoms with Gasteiger partial charge in [-0.25, -0.2) is 4.98 Å². The molecule has 0 radical (unpaired) electrons. The summed E-state index contributed by atoms with van der Waals surface area (Å²) in [5, 5.41) is 20.7. The van der Waals surface area contributed by atoms with Crippen LogP contribution in [0, 0.1) is 10.1 Å². The zero-order valence-electron chi connectivity index (χ0n) is 13.0. The molecule has 1 aromatic heterocycles. The van der Waals surface area contributed by atoms with Crippen LogP contribution in [-0.2, 0) is 6.54 Å². The van der Waals surface area contributed by atoms with E-state index in [-0.39, 0.29) is 22.4 Å². The molecule has 0 atom stereocenters. The number of hydrogen-bond donors (Lipinski definition) is 1. The van der Waals surface area contributed by atoms with Gasteiger partial charge in [0.1, 0.15) is 11.6 Å². The van der Waals surface area contributed by atoms with Crippen LogP contribution in [0.1, 0.15) is 17.8 Å². The van der Waals surface area contributed by atoms with E-state index < -0.39 is 4.92 Å². The van der Waals surface area contributed by atoms with Gasteiger partial charge in [-0.2, -0.15) is 0 Å². The zero-order valence-corrected chi connectivity index (χ0v) is 13.0. The van der Waals surface area contributed by atoms with Crippen LogP contribution in [0.2, 0.25) is 0 Å². The highest BCUT2D eigenvalue weighted by Crippen LogP contribution is 2.28. The normalized spacial score (nSPS) is 14.8. The lowest BCUT2D eigenvalue weighted by Crippen LogP contribution is -2.20. The summed E-state index contributed by atoms with van der Waals surface area (Å²) in [6, 6.07) is 11.0. The van der Waals surface area contributed by atoms with Crippen molar-refractivity contribution in [1.82, 2.24) is 9.55 Å². The smallest absolute Gasteiger partial charge is 0.270 e. The van der Waals surface area contributed by atoms with E-state index in [9.17, 15) is 20.0 Å². The van der Waals surface area contributed by atoms with Crippen molar-refractivity contribution in [3.8, 4) is 5.75 Å². The first kappa shape index (κ1) is 15.1. The molecule has 0 aliphatic carbocycles. The Labute approximate surface area is 141 Å². The number of nitrogens with zero attached hydrogens (tertiary/aromatic N) is 3. The maximum atomic E-state index is 12.7. The fraction of sp³-hybridized carbons (Fsp3) is 0.111. The summed E-state index contributed by atoms with van der Waals surface area (Å²) in [5.41, 5.74) is 1.75. The summed E-state index contributed by atoms with van der Waals surface area (Å²) < 4.78 is 1.54. The van der Waals surface area contributed by atoms with Gasteiger partial charge in [0.05, 0.1) is 15.8 Å². The fourth-order valence-corrected chi connectivity index (χ4v) is 3.07. The van der Waals surface area contributed by atoms with Crippen molar-refractivity contribution >= 4 is 28.2 Å². The van der Waals surface area contributed by atoms with E-state index >= 15 is 0 Å². The monoisotopic (exact) mass is 335 g/mol. The van der Waals surface area contributed by atoms with Gasteiger partial charge in [0.15, 0.2) is 0 Å². The van der Waals surface area contributed by atoms with Crippen molar-refractivity contribution in [2.75, 3.05) is 0 Å². The van der Waals surface area contributed by atoms with E-state index in [0.717, 1.165) is 11.1 Å². The first-order valence-corrected chi connectivity index (χ1v) is 7.72. The highest BCUT2D eigenvalue weighted by Gasteiger charge is 2.22. The van der Waals surface area contributed by atoms with Crippen LogP contribution < -0.4 is 5.56 Å². The van der Waals surface area contributed by atoms with Gasteiger partial charge in [0, 0.05) is 18.7 Å². The van der Waals surface area contributed by atoms with Crippen molar-refractivity contribution in [1.29, 1.82) is 0 Å². The SMILES string of the molecule is O=c1c2cc([N+](=O)[O-])ccc2nc2n1CC/C2=C\c1cccc(O)c1. The van der Waals surface area contributed by atoms with Gasteiger partial charge in [-0.05, 0) is 41.8 Å². The molecule has 0 saturated carbocycles. The highest BCUT2D eigenvalue weighted by molar-refractivity contribution is 5.85. The second kappa shape index (κ2) is 5.55. The number of fused-ring (bicyclic) bond motifs is 2. The average Bonchev–Trinajstić information content (AvgIpc) is 2.98. The summed E-state index contributed by atoms with van der Waals surface area (Å²) in [4.78, 5) is 27.6. The number of nitro benzene ring substituents is 1. The Kier molecular flexibility index (Phi) is 3.35. The predicted molar refractivity (Wildman–Crippen MR) is 93.3 cm³/mol. The molecule has 0 spiro atoms. The molecule has 0 bridgehead atoms. The van der Waals surface area contributed by atoms with E-state index in [4.69, 9.17) is 0 Å². The van der Waals surface area contributed by atoms with Crippen LogP contribution in [0.15, 0.2) is 47.3 Å². The molecule has 2 heterocycles. The highest BCUT2D eigenvalue weighted by atomic mass is 16.6. The van der Waals surface area contributed by atoms with Crippen molar-refractivity contribution in [2.45, 2.75) is 13.0 Å². The molecule has 1 aliphatic heterocycles. The molecule has 0 saturated heterocycles. The minimum atomic E-state index is -0.524. The number of benzene rings is 2. The van der Waals surface area contributed by atoms with Crippen LogP contribution in [-0.4, -0.2) is 19.6 Å². The lowest BCUT2D eigenvalue weighted by molar-refractivity contribution is -0.384. The lowest BCUT2D eigenvalue weighted by atomic mass is 10.1. The number of nitro groups is 1. The first-order valence-electron chi connectivity index (χ1n) is 7.72. The quantitative estimate of drug-likeness (QED) is 0.573. The van der Waals surface area contributed by atoms with Gasteiger partial charge in [0.25, 0.3) is 11.2 Å². The van der Waals surface area contributed by atoms with Crippen molar-refractivity contribution < 1.29 is 10.0 Å². The van der Waals surface area contributed by atoms with Gasteiger partial charge in [-0.1, -0.05) is 12.1 Å². The molecular weight excluding hydrogens is 322 g/mol. The second-order valence-electron chi connectivity index (χ2n) is 5.87. The minimum absolute atomic E-state index is 0.125. The van der Waals surface area contributed by atoms with E-state index in [0.29, 0.717) is 24.3 Å². The van der Waals surface area contributed by atoms with Crippen molar-refractivity contribution in [3.05, 3.63) is 74.3 Å². The molecular formula is C18H13N3O4. The largest absolute Gasteiger partial charge is 0.508 e. The van der Waals surface area contributed by atoms with E-state index in [1.165, 1.54) is 18.2 Å². The van der Waals surface area contributed by atoms with E-state index in [1.807, 2.05) is 12.1 Å². The number of allylic oxidation sites excluding steroid dienone is 1. The Morgan fingerprint density at radius 1 is 1.24 bits per heavy atom. The van der Waals surface area contributed by atoms with Gasteiger partial charge in [0.2, 0.25) is 0 Å². The van der Waals surface area contributed by atoms with Gasteiger partial charge >= 0.3 is 0 Å². The first-order chi connectivity index (χ1) is 12.0. The van der Waals surface area contributed by atoms with Crippen LogP contribution in [0.3, 0.4) is 0 Å². The van der Waals surface area contributed by atoms with Gasteiger partial charge in [-0.3, -0.25) is 19.5 Å². The predicted octanol–water partition coefficient (Wildman–Crippen LogP) is 2.95. The molecule has 25 heavy (non-hydrogen) atoms. The topological polar surface area (TPSA) is 98.3 Å². The molecule has 4 rings (SSSR count).